The third-order valence-corrected chi connectivity index (χ3v) is 1.66. The topological polar surface area (TPSA) is 69.6 Å². The zero-order valence-corrected chi connectivity index (χ0v) is 8.20. The van der Waals surface area contributed by atoms with Crippen LogP contribution in [0, 0.1) is 0 Å². The average Bonchev–Trinajstić information content (AvgIpc) is 2.03. The fourth-order valence-corrected chi connectivity index (χ4v) is 0.707. The van der Waals surface area contributed by atoms with Gasteiger partial charge >= 0.3 is 5.97 Å². The van der Waals surface area contributed by atoms with Crippen LogP contribution in [0.15, 0.2) is 0 Å². The predicted octanol–water partition coefficient (Wildman–Crippen LogP) is -0.473. The van der Waals surface area contributed by atoms with Crippen LogP contribution in [0.1, 0.15) is 13.3 Å². The first-order valence-corrected chi connectivity index (χ1v) is 4.11. The van der Waals surface area contributed by atoms with E-state index in [1.807, 2.05) is 0 Å². The summed E-state index contributed by atoms with van der Waals surface area (Å²) in [5.41, 5.74) is 0. The van der Waals surface area contributed by atoms with Gasteiger partial charge in [0.1, 0.15) is 6.04 Å². The zero-order chi connectivity index (χ0) is 10.4. The number of hydrogen-bond donors (Lipinski definition) is 2. The van der Waals surface area contributed by atoms with Gasteiger partial charge in [-0.2, -0.15) is 0 Å². The standard InChI is InChI=1S/C8H16N2O3/c1-6(8(12)13)9-5-4-7(11)10(2)3/h6,9H,4-5H2,1-3H3,(H,12,13)/t6-/m0/s1. The van der Waals surface area contributed by atoms with E-state index in [0.29, 0.717) is 13.0 Å². The van der Waals surface area contributed by atoms with Gasteiger partial charge in [0, 0.05) is 27.1 Å². The molecule has 0 saturated heterocycles. The van der Waals surface area contributed by atoms with Gasteiger partial charge in [-0.05, 0) is 6.92 Å². The molecule has 0 aliphatic rings. The molecule has 0 bridgehead atoms. The summed E-state index contributed by atoms with van der Waals surface area (Å²) in [7, 11) is 3.34. The molecule has 0 aromatic rings. The molecule has 1 amide bonds. The molecule has 0 heterocycles. The Morgan fingerprint density at radius 3 is 2.38 bits per heavy atom. The first kappa shape index (κ1) is 11.9. The number of carbonyl (C=O) groups excluding carboxylic acids is 1. The highest BCUT2D eigenvalue weighted by atomic mass is 16.4. The lowest BCUT2D eigenvalue weighted by atomic mass is 10.3. The van der Waals surface area contributed by atoms with Crippen LogP contribution in [-0.4, -0.2) is 48.6 Å². The van der Waals surface area contributed by atoms with Gasteiger partial charge in [-0.25, -0.2) is 0 Å². The summed E-state index contributed by atoms with van der Waals surface area (Å²) in [5, 5.41) is 11.2. The van der Waals surface area contributed by atoms with Crippen molar-refractivity contribution in [1.82, 2.24) is 10.2 Å². The van der Waals surface area contributed by atoms with Crippen molar-refractivity contribution in [3.8, 4) is 0 Å². The second-order valence-electron chi connectivity index (χ2n) is 3.05. The predicted molar refractivity (Wildman–Crippen MR) is 48.4 cm³/mol. The third kappa shape index (κ3) is 5.19. The van der Waals surface area contributed by atoms with Crippen molar-refractivity contribution >= 4 is 11.9 Å². The molecule has 0 saturated carbocycles. The first-order valence-electron chi connectivity index (χ1n) is 4.11. The van der Waals surface area contributed by atoms with Crippen molar-refractivity contribution in [2.24, 2.45) is 0 Å². The van der Waals surface area contributed by atoms with Crippen molar-refractivity contribution in [3.63, 3.8) is 0 Å². The monoisotopic (exact) mass is 188 g/mol. The number of carboxylic acids is 1. The molecule has 0 spiro atoms. The maximum Gasteiger partial charge on any atom is 0.320 e. The Bertz CT molecular complexity index is 192. The Morgan fingerprint density at radius 1 is 1.46 bits per heavy atom. The van der Waals surface area contributed by atoms with E-state index in [1.165, 1.54) is 4.90 Å². The van der Waals surface area contributed by atoms with Crippen LogP contribution >= 0.6 is 0 Å². The molecular formula is C8H16N2O3. The lowest BCUT2D eigenvalue weighted by Crippen LogP contribution is -2.36. The summed E-state index contributed by atoms with van der Waals surface area (Å²) >= 11 is 0. The molecule has 5 heteroatoms. The van der Waals surface area contributed by atoms with Crippen molar-refractivity contribution in [1.29, 1.82) is 0 Å². The van der Waals surface area contributed by atoms with Gasteiger partial charge in [-0.15, -0.1) is 0 Å². The molecule has 76 valence electrons. The number of carbonyl (C=O) groups is 2. The van der Waals surface area contributed by atoms with Crippen LogP contribution in [0.25, 0.3) is 0 Å². The summed E-state index contributed by atoms with van der Waals surface area (Å²) in [6.45, 7) is 1.94. The number of rotatable bonds is 5. The van der Waals surface area contributed by atoms with Crippen molar-refractivity contribution in [2.45, 2.75) is 19.4 Å². The highest BCUT2D eigenvalue weighted by Gasteiger charge is 2.10. The molecule has 0 unspecified atom stereocenters. The van der Waals surface area contributed by atoms with Gasteiger partial charge in [0.25, 0.3) is 0 Å². The number of carboxylic acid groups (broad SMARTS) is 1. The Kier molecular flexibility index (Phi) is 5.06. The van der Waals surface area contributed by atoms with Gasteiger partial charge in [0.15, 0.2) is 0 Å². The van der Waals surface area contributed by atoms with Gasteiger partial charge in [-0.1, -0.05) is 0 Å². The number of nitrogens with zero attached hydrogens (tertiary/aromatic N) is 1. The van der Waals surface area contributed by atoms with E-state index < -0.39 is 12.0 Å². The largest absolute Gasteiger partial charge is 0.480 e. The highest BCUT2D eigenvalue weighted by Crippen LogP contribution is 1.87. The molecule has 0 aromatic heterocycles. The summed E-state index contributed by atoms with van der Waals surface area (Å²) in [5.74, 6) is -0.914. The van der Waals surface area contributed by atoms with E-state index in [0.717, 1.165) is 0 Å². The summed E-state index contributed by atoms with van der Waals surface area (Å²) < 4.78 is 0. The smallest absolute Gasteiger partial charge is 0.320 e. The van der Waals surface area contributed by atoms with Crippen molar-refractivity contribution < 1.29 is 14.7 Å². The summed E-state index contributed by atoms with van der Waals surface area (Å²) in [4.78, 5) is 22.9. The van der Waals surface area contributed by atoms with Crippen LogP contribution in [0.4, 0.5) is 0 Å². The van der Waals surface area contributed by atoms with Gasteiger partial charge in [0.2, 0.25) is 5.91 Å². The number of hydrogen-bond acceptors (Lipinski definition) is 3. The van der Waals surface area contributed by atoms with E-state index in [2.05, 4.69) is 5.32 Å². The van der Waals surface area contributed by atoms with Gasteiger partial charge in [-0.3, -0.25) is 9.59 Å². The lowest BCUT2D eigenvalue weighted by Gasteiger charge is -2.12. The van der Waals surface area contributed by atoms with E-state index in [-0.39, 0.29) is 5.91 Å². The van der Waals surface area contributed by atoms with Crippen LogP contribution < -0.4 is 5.32 Å². The highest BCUT2D eigenvalue weighted by molar-refractivity contribution is 5.76. The van der Waals surface area contributed by atoms with E-state index >= 15 is 0 Å². The molecule has 13 heavy (non-hydrogen) atoms. The van der Waals surface area contributed by atoms with E-state index in [4.69, 9.17) is 5.11 Å². The Hall–Kier alpha value is -1.10. The Labute approximate surface area is 77.7 Å². The van der Waals surface area contributed by atoms with Crippen LogP contribution in [-0.2, 0) is 9.59 Å². The minimum atomic E-state index is -0.905. The third-order valence-electron chi connectivity index (χ3n) is 1.66. The zero-order valence-electron chi connectivity index (χ0n) is 8.20. The van der Waals surface area contributed by atoms with Crippen LogP contribution in [0.3, 0.4) is 0 Å². The van der Waals surface area contributed by atoms with Gasteiger partial charge in [0.05, 0.1) is 0 Å². The fourth-order valence-electron chi connectivity index (χ4n) is 0.707. The molecule has 0 fully saturated rings. The summed E-state index contributed by atoms with van der Waals surface area (Å²) in [6, 6.07) is -0.602. The molecule has 2 N–H and O–H groups in total. The van der Waals surface area contributed by atoms with Crippen molar-refractivity contribution in [3.05, 3.63) is 0 Å². The minimum absolute atomic E-state index is 0.00918. The molecule has 5 nitrogen and oxygen atoms in total. The quantitative estimate of drug-likeness (QED) is 0.612. The summed E-state index contributed by atoms with van der Waals surface area (Å²) in [6.07, 6.45) is 0.324. The molecule has 0 rings (SSSR count). The minimum Gasteiger partial charge on any atom is -0.480 e. The maximum absolute atomic E-state index is 11.0. The molecule has 0 aliphatic heterocycles. The second-order valence-corrected chi connectivity index (χ2v) is 3.05. The lowest BCUT2D eigenvalue weighted by molar-refractivity contribution is -0.139. The molecule has 0 radical (unpaired) electrons. The fraction of sp³-hybridized carbons (Fsp3) is 0.750. The molecule has 0 aliphatic carbocycles. The van der Waals surface area contributed by atoms with E-state index in [1.54, 1.807) is 21.0 Å². The number of nitrogens with one attached hydrogen (secondary N) is 1. The number of amides is 1. The Morgan fingerprint density at radius 2 is 2.00 bits per heavy atom. The SMILES string of the molecule is C[C@H](NCCC(=O)N(C)C)C(=O)O. The van der Waals surface area contributed by atoms with Crippen LogP contribution in [0.5, 0.6) is 0 Å². The molecular weight excluding hydrogens is 172 g/mol. The van der Waals surface area contributed by atoms with Crippen LogP contribution in [0.2, 0.25) is 0 Å². The average molecular weight is 188 g/mol. The first-order chi connectivity index (χ1) is 5.95. The van der Waals surface area contributed by atoms with E-state index in [9.17, 15) is 9.59 Å². The number of aliphatic carboxylic acids is 1. The normalized spacial score (nSPS) is 12.2. The molecule has 0 aromatic carbocycles. The molecule has 1 atom stereocenters. The van der Waals surface area contributed by atoms with Crippen molar-refractivity contribution in [2.75, 3.05) is 20.6 Å². The second kappa shape index (κ2) is 5.53. The Balaban J connectivity index is 3.56. The van der Waals surface area contributed by atoms with Gasteiger partial charge < -0.3 is 15.3 Å². The maximum atomic E-state index is 11.0.